The number of nitrogens with one attached hydrogen (secondary N) is 1. The summed E-state index contributed by atoms with van der Waals surface area (Å²) in [6.45, 7) is 2.11. The van der Waals surface area contributed by atoms with Gasteiger partial charge in [0.05, 0.1) is 5.69 Å². The second-order valence-electron chi connectivity index (χ2n) is 4.54. The second kappa shape index (κ2) is 4.71. The summed E-state index contributed by atoms with van der Waals surface area (Å²) in [5.74, 6) is 1.00. The van der Waals surface area contributed by atoms with Crippen LogP contribution < -0.4 is 10.1 Å². The van der Waals surface area contributed by atoms with Crippen LogP contribution in [0.25, 0.3) is 0 Å². The topological polar surface area (TPSA) is 34.1 Å². The fourth-order valence-electron chi connectivity index (χ4n) is 2.12. The minimum Gasteiger partial charge on any atom is -0.483 e. The van der Waals surface area contributed by atoms with Gasteiger partial charge in [-0.15, -0.1) is 11.3 Å². The van der Waals surface area contributed by atoms with Crippen LogP contribution in [0.5, 0.6) is 5.75 Å². The molecule has 0 radical (unpaired) electrons. The summed E-state index contributed by atoms with van der Waals surface area (Å²) in [7, 11) is 1.95. The number of hydrogen-bond donors (Lipinski definition) is 1. The number of para-hydroxylation sites is 1. The molecular formula is C14H16N2OS. The Balaban J connectivity index is 1.80. The average molecular weight is 260 g/mol. The smallest absolute Gasteiger partial charge is 0.154 e. The van der Waals surface area contributed by atoms with Crippen LogP contribution in [0.2, 0.25) is 0 Å². The van der Waals surface area contributed by atoms with E-state index in [9.17, 15) is 0 Å². The van der Waals surface area contributed by atoms with Gasteiger partial charge in [0.15, 0.2) is 6.10 Å². The number of benzene rings is 1. The van der Waals surface area contributed by atoms with Crippen molar-refractivity contribution in [1.29, 1.82) is 0 Å². The van der Waals surface area contributed by atoms with Gasteiger partial charge in [0.1, 0.15) is 10.8 Å². The van der Waals surface area contributed by atoms with E-state index in [2.05, 4.69) is 34.7 Å². The highest BCUT2D eigenvalue weighted by atomic mass is 32.1. The first-order valence-corrected chi connectivity index (χ1v) is 7.03. The monoisotopic (exact) mass is 260 g/mol. The van der Waals surface area contributed by atoms with Gasteiger partial charge in [0.25, 0.3) is 0 Å². The van der Waals surface area contributed by atoms with Crippen molar-refractivity contribution in [2.75, 3.05) is 7.05 Å². The van der Waals surface area contributed by atoms with Crippen LogP contribution in [0.1, 0.15) is 35.3 Å². The maximum atomic E-state index is 5.95. The van der Waals surface area contributed by atoms with E-state index in [-0.39, 0.29) is 6.10 Å². The summed E-state index contributed by atoms with van der Waals surface area (Å²) in [6, 6.07) is 8.51. The highest BCUT2D eigenvalue weighted by Gasteiger charge is 2.26. The molecule has 0 spiro atoms. The Kier molecular flexibility index (Phi) is 3.06. The van der Waals surface area contributed by atoms with E-state index in [0.717, 1.165) is 22.9 Å². The number of thiazole rings is 1. The van der Waals surface area contributed by atoms with Crippen LogP contribution in [0.4, 0.5) is 0 Å². The molecule has 0 fully saturated rings. The minimum atomic E-state index is 0.0882. The predicted octanol–water partition coefficient (Wildman–Crippen LogP) is 3.10. The zero-order chi connectivity index (χ0) is 12.5. The van der Waals surface area contributed by atoms with Gasteiger partial charge in [-0.2, -0.15) is 0 Å². The molecule has 94 valence electrons. The molecule has 3 rings (SSSR count). The minimum absolute atomic E-state index is 0.0882. The number of nitrogens with zero attached hydrogens (tertiary/aromatic N) is 1. The molecule has 2 unspecified atom stereocenters. The summed E-state index contributed by atoms with van der Waals surface area (Å²) in [6.07, 6.45) is 1.02. The maximum Gasteiger partial charge on any atom is 0.154 e. The Hall–Kier alpha value is -1.39. The van der Waals surface area contributed by atoms with Gasteiger partial charge < -0.3 is 10.1 Å². The lowest BCUT2D eigenvalue weighted by atomic mass is 10.1. The molecule has 0 aliphatic carbocycles. The van der Waals surface area contributed by atoms with Gasteiger partial charge in [0, 0.05) is 17.8 Å². The van der Waals surface area contributed by atoms with Crippen molar-refractivity contribution in [2.24, 2.45) is 0 Å². The predicted molar refractivity (Wildman–Crippen MR) is 73.1 cm³/mol. The third-order valence-electron chi connectivity index (χ3n) is 3.34. The molecule has 18 heavy (non-hydrogen) atoms. The van der Waals surface area contributed by atoms with Crippen LogP contribution >= 0.6 is 11.3 Å². The van der Waals surface area contributed by atoms with Crippen LogP contribution in [0.15, 0.2) is 29.6 Å². The molecule has 1 aromatic heterocycles. The van der Waals surface area contributed by atoms with Gasteiger partial charge in [0.2, 0.25) is 0 Å². The largest absolute Gasteiger partial charge is 0.483 e. The van der Waals surface area contributed by atoms with Gasteiger partial charge in [-0.05, 0) is 25.6 Å². The summed E-state index contributed by atoms with van der Waals surface area (Å²) in [5, 5.41) is 6.39. The molecule has 2 heterocycles. The molecule has 2 aromatic rings. The van der Waals surface area contributed by atoms with Crippen LogP contribution in [-0.4, -0.2) is 12.0 Å². The molecule has 0 bridgehead atoms. The summed E-state index contributed by atoms with van der Waals surface area (Å²) in [4.78, 5) is 4.68. The van der Waals surface area contributed by atoms with Gasteiger partial charge in [-0.25, -0.2) is 4.98 Å². The van der Waals surface area contributed by atoms with Crippen LogP contribution in [0.3, 0.4) is 0 Å². The number of aromatic nitrogens is 1. The Morgan fingerprint density at radius 2 is 2.28 bits per heavy atom. The molecule has 1 aromatic carbocycles. The van der Waals surface area contributed by atoms with Crippen LogP contribution in [0, 0.1) is 0 Å². The fraction of sp³-hybridized carbons (Fsp3) is 0.357. The molecule has 3 nitrogen and oxygen atoms in total. The van der Waals surface area contributed by atoms with Crippen molar-refractivity contribution >= 4 is 11.3 Å². The van der Waals surface area contributed by atoms with Crippen molar-refractivity contribution in [2.45, 2.75) is 25.5 Å². The van der Waals surface area contributed by atoms with E-state index in [4.69, 9.17) is 4.74 Å². The van der Waals surface area contributed by atoms with Crippen molar-refractivity contribution in [3.05, 3.63) is 45.9 Å². The molecule has 1 aliphatic rings. The lowest BCUT2D eigenvalue weighted by Crippen LogP contribution is -2.13. The molecule has 4 heteroatoms. The van der Waals surface area contributed by atoms with Crippen molar-refractivity contribution in [3.63, 3.8) is 0 Å². The molecule has 0 amide bonds. The van der Waals surface area contributed by atoms with Crippen LogP contribution in [-0.2, 0) is 6.42 Å². The summed E-state index contributed by atoms with van der Waals surface area (Å²) in [5.41, 5.74) is 2.37. The first-order chi connectivity index (χ1) is 8.78. The molecule has 2 atom stereocenters. The van der Waals surface area contributed by atoms with Gasteiger partial charge in [-0.1, -0.05) is 18.2 Å². The van der Waals surface area contributed by atoms with E-state index in [1.807, 2.05) is 19.2 Å². The van der Waals surface area contributed by atoms with Crippen molar-refractivity contribution in [1.82, 2.24) is 10.3 Å². The fourth-order valence-corrected chi connectivity index (χ4v) is 3.05. The first-order valence-electron chi connectivity index (χ1n) is 6.15. The third kappa shape index (κ3) is 2.02. The summed E-state index contributed by atoms with van der Waals surface area (Å²) >= 11 is 1.69. The average Bonchev–Trinajstić information content (AvgIpc) is 3.03. The zero-order valence-corrected chi connectivity index (χ0v) is 11.3. The molecule has 1 N–H and O–H groups in total. The lowest BCUT2D eigenvalue weighted by molar-refractivity contribution is 0.237. The quantitative estimate of drug-likeness (QED) is 0.920. The third-order valence-corrected chi connectivity index (χ3v) is 4.29. The number of rotatable bonds is 3. The summed E-state index contributed by atoms with van der Waals surface area (Å²) < 4.78 is 5.95. The van der Waals surface area contributed by atoms with E-state index in [1.165, 1.54) is 5.56 Å². The molecule has 0 saturated carbocycles. The van der Waals surface area contributed by atoms with E-state index in [0.29, 0.717) is 6.04 Å². The Morgan fingerprint density at radius 3 is 3.06 bits per heavy atom. The molecule has 0 saturated heterocycles. The Bertz CT molecular complexity index is 527. The maximum absolute atomic E-state index is 5.95. The first kappa shape index (κ1) is 11.7. The zero-order valence-electron chi connectivity index (χ0n) is 10.5. The highest BCUT2D eigenvalue weighted by Crippen LogP contribution is 2.37. The highest BCUT2D eigenvalue weighted by molar-refractivity contribution is 7.09. The number of hydrogen-bond acceptors (Lipinski definition) is 4. The lowest BCUT2D eigenvalue weighted by Gasteiger charge is -2.08. The van der Waals surface area contributed by atoms with E-state index >= 15 is 0 Å². The number of ether oxygens (including phenoxy) is 1. The Labute approximate surface area is 111 Å². The van der Waals surface area contributed by atoms with E-state index < -0.39 is 0 Å². The molecule has 1 aliphatic heterocycles. The molecular weight excluding hydrogens is 244 g/mol. The standard InChI is InChI=1S/C14H16N2OS/c1-9(15-2)11-8-18-14(16-11)13-7-10-5-3-4-6-12(10)17-13/h3-6,8-9,13,15H,7H2,1-2H3. The van der Waals surface area contributed by atoms with Gasteiger partial charge in [-0.3, -0.25) is 0 Å². The van der Waals surface area contributed by atoms with Crippen molar-refractivity contribution < 1.29 is 4.74 Å². The second-order valence-corrected chi connectivity index (χ2v) is 5.43. The number of fused-ring (bicyclic) bond motifs is 1. The van der Waals surface area contributed by atoms with E-state index in [1.54, 1.807) is 11.3 Å². The Morgan fingerprint density at radius 1 is 1.44 bits per heavy atom. The normalized spacial score (nSPS) is 19.3. The van der Waals surface area contributed by atoms with Gasteiger partial charge >= 0.3 is 0 Å². The van der Waals surface area contributed by atoms with Crippen molar-refractivity contribution in [3.8, 4) is 5.75 Å². The SMILES string of the molecule is CNC(C)c1csc(C2Cc3ccccc3O2)n1.